The fourth-order valence-corrected chi connectivity index (χ4v) is 2.08. The lowest BCUT2D eigenvalue weighted by atomic mass is 10.1. The molecule has 0 aliphatic carbocycles. The second-order valence-corrected chi connectivity index (χ2v) is 5.57. The first-order valence-electron chi connectivity index (χ1n) is 8.15. The molecule has 1 aromatic heterocycles. The van der Waals surface area contributed by atoms with E-state index in [9.17, 15) is 14.7 Å². The van der Waals surface area contributed by atoms with Gasteiger partial charge in [0.2, 0.25) is 0 Å². The molecule has 0 saturated heterocycles. The summed E-state index contributed by atoms with van der Waals surface area (Å²) in [5.41, 5.74) is 1.27. The summed E-state index contributed by atoms with van der Waals surface area (Å²) in [6.07, 6.45) is 5.97. The summed E-state index contributed by atoms with van der Waals surface area (Å²) in [6, 6.07) is 0. The molecule has 0 atom stereocenters. The van der Waals surface area contributed by atoms with Gasteiger partial charge in [-0.3, -0.25) is 14.6 Å². The van der Waals surface area contributed by atoms with Gasteiger partial charge in [0.1, 0.15) is 5.75 Å². The number of aryl methyl sites for hydroxylation is 1. The number of aliphatic hydroxyl groups is 2. The molecule has 5 N–H and O–H groups in total. The van der Waals surface area contributed by atoms with Gasteiger partial charge in [0, 0.05) is 30.2 Å². The molecule has 8 nitrogen and oxygen atoms in total. The van der Waals surface area contributed by atoms with Crippen molar-refractivity contribution in [3.8, 4) is 5.75 Å². The maximum Gasteiger partial charge on any atom is 0.303 e. The third kappa shape index (κ3) is 10.3. The van der Waals surface area contributed by atoms with Gasteiger partial charge >= 0.3 is 11.9 Å². The van der Waals surface area contributed by atoms with Crippen molar-refractivity contribution < 1.29 is 35.1 Å². The number of unbranched alkanes of at least 4 members (excludes halogenated alkanes) is 4. The number of carbonyl (C=O) groups is 2. The number of aliphatic carboxylic acids is 2. The minimum Gasteiger partial charge on any atom is -0.506 e. The Hall–Kier alpha value is -2.19. The Bertz CT molecular complexity index is 528. The van der Waals surface area contributed by atoms with Gasteiger partial charge in [0.15, 0.2) is 0 Å². The van der Waals surface area contributed by atoms with Crippen LogP contribution in [0.3, 0.4) is 0 Å². The van der Waals surface area contributed by atoms with E-state index in [-0.39, 0.29) is 31.8 Å². The number of aromatic hydroxyl groups is 1. The average molecular weight is 357 g/mol. The molecule has 0 fully saturated rings. The summed E-state index contributed by atoms with van der Waals surface area (Å²) in [4.78, 5) is 24.0. The summed E-state index contributed by atoms with van der Waals surface area (Å²) < 4.78 is 0. The van der Waals surface area contributed by atoms with Gasteiger partial charge in [0.25, 0.3) is 0 Å². The zero-order valence-electron chi connectivity index (χ0n) is 14.4. The molecular formula is C17H27NO7. The largest absolute Gasteiger partial charge is 0.506 e. The highest BCUT2D eigenvalue weighted by Gasteiger charge is 2.09. The van der Waals surface area contributed by atoms with Gasteiger partial charge in [-0.25, -0.2) is 0 Å². The summed E-state index contributed by atoms with van der Waals surface area (Å²) in [6.45, 7) is 1.12. The summed E-state index contributed by atoms with van der Waals surface area (Å²) in [5, 5.41) is 43.7. The smallest absolute Gasteiger partial charge is 0.303 e. The van der Waals surface area contributed by atoms with Gasteiger partial charge in [-0.2, -0.15) is 0 Å². The summed E-state index contributed by atoms with van der Waals surface area (Å²) >= 11 is 0. The number of carboxylic acid groups (broad SMARTS) is 2. The van der Waals surface area contributed by atoms with E-state index in [1.165, 1.54) is 6.20 Å². The van der Waals surface area contributed by atoms with Crippen LogP contribution in [0.25, 0.3) is 0 Å². The molecule has 0 spiro atoms. The minimum absolute atomic E-state index is 0.0379. The number of carboxylic acids is 2. The second kappa shape index (κ2) is 13.1. The highest BCUT2D eigenvalue weighted by atomic mass is 16.4. The van der Waals surface area contributed by atoms with Crippen LogP contribution in [-0.2, 0) is 22.8 Å². The van der Waals surface area contributed by atoms with E-state index in [1.807, 2.05) is 0 Å². The van der Waals surface area contributed by atoms with Crippen molar-refractivity contribution >= 4 is 11.9 Å². The van der Waals surface area contributed by atoms with Gasteiger partial charge in [-0.1, -0.05) is 19.3 Å². The Balaban J connectivity index is 0.000000462. The molecule has 0 aliphatic heterocycles. The topological polar surface area (TPSA) is 148 Å². The van der Waals surface area contributed by atoms with E-state index in [1.54, 1.807) is 6.92 Å². The first-order valence-corrected chi connectivity index (χ1v) is 8.15. The zero-order chi connectivity index (χ0) is 19.2. The Morgan fingerprint density at radius 1 is 0.920 bits per heavy atom. The third-order valence-corrected chi connectivity index (χ3v) is 3.54. The van der Waals surface area contributed by atoms with Gasteiger partial charge < -0.3 is 25.5 Å². The molecule has 1 rings (SSSR count). The number of aromatic nitrogens is 1. The van der Waals surface area contributed by atoms with E-state index in [4.69, 9.17) is 20.4 Å². The van der Waals surface area contributed by atoms with Gasteiger partial charge in [0.05, 0.1) is 18.9 Å². The average Bonchev–Trinajstić information content (AvgIpc) is 2.56. The SMILES string of the molecule is Cc1ncc(CO)c(CO)c1O.O=C(O)CCCCCCCC(=O)O. The fourth-order valence-electron chi connectivity index (χ4n) is 2.08. The summed E-state index contributed by atoms with van der Waals surface area (Å²) in [5.74, 6) is -1.56. The number of rotatable bonds is 10. The molecule has 1 aromatic rings. The van der Waals surface area contributed by atoms with Crippen molar-refractivity contribution in [1.82, 2.24) is 4.98 Å². The molecule has 0 aliphatic rings. The molecule has 8 heteroatoms. The molecule has 0 unspecified atom stereocenters. The standard InChI is InChI=1S/C9H16O4.C8H11NO3/c10-8(11)6-4-2-1-3-5-7-9(12)13;1-5-8(12)7(4-11)6(3-10)2-9-5/h1-7H2,(H,10,11)(H,12,13);2,10-12H,3-4H2,1H3. The Morgan fingerprint density at radius 2 is 1.40 bits per heavy atom. The molecule has 0 aromatic carbocycles. The first-order chi connectivity index (χ1) is 11.8. The van der Waals surface area contributed by atoms with Gasteiger partial charge in [-0.05, 0) is 19.8 Å². The predicted molar refractivity (Wildman–Crippen MR) is 90.1 cm³/mol. The van der Waals surface area contributed by atoms with Crippen LogP contribution >= 0.6 is 0 Å². The highest BCUT2D eigenvalue weighted by Crippen LogP contribution is 2.23. The summed E-state index contributed by atoms with van der Waals surface area (Å²) in [7, 11) is 0. The number of hydrogen-bond acceptors (Lipinski definition) is 6. The second-order valence-electron chi connectivity index (χ2n) is 5.57. The quantitative estimate of drug-likeness (QED) is 0.399. The van der Waals surface area contributed by atoms with Crippen LogP contribution < -0.4 is 0 Å². The number of hydrogen-bond donors (Lipinski definition) is 5. The lowest BCUT2D eigenvalue weighted by Gasteiger charge is -2.07. The molecule has 0 saturated carbocycles. The third-order valence-electron chi connectivity index (χ3n) is 3.54. The van der Waals surface area contributed by atoms with Crippen LogP contribution in [-0.4, -0.2) is 42.5 Å². The van der Waals surface area contributed by atoms with Crippen LogP contribution in [0.5, 0.6) is 5.75 Å². The Labute approximate surface area is 146 Å². The lowest BCUT2D eigenvalue weighted by molar-refractivity contribution is -0.138. The zero-order valence-corrected chi connectivity index (χ0v) is 14.4. The normalized spacial score (nSPS) is 10.0. The van der Waals surface area contributed by atoms with Crippen LogP contribution in [0.4, 0.5) is 0 Å². The van der Waals surface area contributed by atoms with E-state index in [0.717, 1.165) is 19.3 Å². The van der Waals surface area contributed by atoms with Crippen LogP contribution in [0.1, 0.15) is 61.8 Å². The highest BCUT2D eigenvalue weighted by molar-refractivity contribution is 5.66. The van der Waals surface area contributed by atoms with Gasteiger partial charge in [-0.15, -0.1) is 0 Å². The molecule has 0 amide bonds. The van der Waals surface area contributed by atoms with E-state index < -0.39 is 11.9 Å². The molecule has 142 valence electrons. The number of pyridine rings is 1. The van der Waals surface area contributed by atoms with Crippen molar-refractivity contribution in [2.75, 3.05) is 0 Å². The monoisotopic (exact) mass is 357 g/mol. The maximum absolute atomic E-state index is 10.1. The molecule has 0 bridgehead atoms. The van der Waals surface area contributed by atoms with E-state index in [2.05, 4.69) is 4.98 Å². The maximum atomic E-state index is 10.1. The van der Waals surface area contributed by atoms with Crippen LogP contribution in [0, 0.1) is 6.92 Å². The minimum atomic E-state index is -0.759. The van der Waals surface area contributed by atoms with Crippen molar-refractivity contribution in [1.29, 1.82) is 0 Å². The number of aliphatic hydroxyl groups excluding tert-OH is 2. The van der Waals surface area contributed by atoms with Crippen molar-refractivity contribution in [2.24, 2.45) is 0 Å². The van der Waals surface area contributed by atoms with Crippen LogP contribution in [0.2, 0.25) is 0 Å². The van der Waals surface area contributed by atoms with Crippen molar-refractivity contribution in [3.63, 3.8) is 0 Å². The van der Waals surface area contributed by atoms with Crippen molar-refractivity contribution in [3.05, 3.63) is 23.0 Å². The first kappa shape index (κ1) is 22.8. The molecule has 0 radical (unpaired) electrons. The van der Waals surface area contributed by atoms with Crippen LogP contribution in [0.15, 0.2) is 6.20 Å². The molecular weight excluding hydrogens is 330 g/mol. The Kier molecular flexibility index (Phi) is 12.0. The Morgan fingerprint density at radius 3 is 1.80 bits per heavy atom. The van der Waals surface area contributed by atoms with E-state index in [0.29, 0.717) is 29.7 Å². The van der Waals surface area contributed by atoms with Crippen molar-refractivity contribution in [2.45, 2.75) is 65.1 Å². The lowest BCUT2D eigenvalue weighted by Crippen LogP contribution is -1.98. The predicted octanol–water partition coefficient (Wildman–Crippen LogP) is 1.97. The number of nitrogens with zero attached hydrogens (tertiary/aromatic N) is 1. The van der Waals surface area contributed by atoms with E-state index >= 15 is 0 Å². The fraction of sp³-hybridized carbons (Fsp3) is 0.588. The molecule has 25 heavy (non-hydrogen) atoms. The molecule has 1 heterocycles.